The number of aldehydes is 1. The Morgan fingerprint density at radius 1 is 1.62 bits per heavy atom. The molecule has 0 radical (unpaired) electrons. The van der Waals surface area contributed by atoms with Crippen LogP contribution in [-0.2, 0) is 16.8 Å². The van der Waals surface area contributed by atoms with E-state index in [0.717, 1.165) is 0 Å². The molecule has 1 rings (SSSR count). The molecular formula is C6H5ClN2O3S. The van der Waals surface area contributed by atoms with Crippen LogP contribution in [0.2, 0.25) is 5.15 Å². The first kappa shape index (κ1) is 10.2. The second kappa shape index (κ2) is 4.40. The van der Waals surface area contributed by atoms with E-state index in [1.165, 1.54) is 6.07 Å². The highest BCUT2D eigenvalue weighted by Gasteiger charge is 2.05. The highest BCUT2D eigenvalue weighted by molar-refractivity contribution is 7.78. The van der Waals surface area contributed by atoms with Crippen molar-refractivity contribution in [2.45, 2.75) is 5.75 Å². The number of rotatable bonds is 3. The van der Waals surface area contributed by atoms with Crippen molar-refractivity contribution in [2.24, 2.45) is 0 Å². The van der Waals surface area contributed by atoms with Gasteiger partial charge in [0.15, 0.2) is 17.4 Å². The molecule has 1 atom stereocenters. The van der Waals surface area contributed by atoms with Gasteiger partial charge in [-0.1, -0.05) is 11.6 Å². The zero-order chi connectivity index (χ0) is 9.84. The van der Waals surface area contributed by atoms with Crippen LogP contribution in [0.15, 0.2) is 6.07 Å². The Morgan fingerprint density at radius 2 is 2.31 bits per heavy atom. The number of hydrogen-bond donors (Lipinski definition) is 1. The Balaban J connectivity index is 3.01. The van der Waals surface area contributed by atoms with Gasteiger partial charge in [-0.15, -0.1) is 0 Å². The summed E-state index contributed by atoms with van der Waals surface area (Å²) in [6, 6.07) is 1.28. The van der Waals surface area contributed by atoms with Crippen molar-refractivity contribution in [1.29, 1.82) is 0 Å². The molecule has 7 heteroatoms. The summed E-state index contributed by atoms with van der Waals surface area (Å²) in [5.41, 5.74) is 0.0976. The Labute approximate surface area is 81.4 Å². The van der Waals surface area contributed by atoms with E-state index in [1.807, 2.05) is 0 Å². The topological polar surface area (TPSA) is 80.2 Å². The maximum absolute atomic E-state index is 10.4. The zero-order valence-corrected chi connectivity index (χ0v) is 7.88. The number of aromatic nitrogens is 2. The van der Waals surface area contributed by atoms with Crippen LogP contribution in [0.1, 0.15) is 16.3 Å². The summed E-state index contributed by atoms with van der Waals surface area (Å²) in [6.45, 7) is 0. The van der Waals surface area contributed by atoms with E-state index in [4.69, 9.17) is 16.2 Å². The molecule has 1 heterocycles. The quantitative estimate of drug-likeness (QED) is 0.460. The van der Waals surface area contributed by atoms with Gasteiger partial charge in [0.05, 0.1) is 0 Å². The highest BCUT2D eigenvalue weighted by Crippen LogP contribution is 2.06. The van der Waals surface area contributed by atoms with Crippen molar-refractivity contribution in [3.8, 4) is 0 Å². The largest absolute Gasteiger partial charge is 0.306 e. The minimum absolute atomic E-state index is 0.0791. The molecule has 1 aromatic heterocycles. The molecule has 13 heavy (non-hydrogen) atoms. The van der Waals surface area contributed by atoms with Crippen molar-refractivity contribution in [3.63, 3.8) is 0 Å². The van der Waals surface area contributed by atoms with Crippen LogP contribution in [0.3, 0.4) is 0 Å². The predicted octanol–water partition coefficient (Wildman–Crippen LogP) is 0.664. The summed E-state index contributed by atoms with van der Waals surface area (Å²) >= 11 is 3.49. The van der Waals surface area contributed by atoms with Crippen molar-refractivity contribution in [3.05, 3.63) is 22.7 Å². The molecule has 0 spiro atoms. The summed E-state index contributed by atoms with van der Waals surface area (Å²) in [6.07, 6.45) is 0.497. The fourth-order valence-electron chi connectivity index (χ4n) is 0.719. The predicted molar refractivity (Wildman–Crippen MR) is 46.9 cm³/mol. The first-order valence-electron chi connectivity index (χ1n) is 3.18. The minimum Gasteiger partial charge on any atom is -0.306 e. The average molecular weight is 221 g/mol. The first-order chi connectivity index (χ1) is 6.11. The summed E-state index contributed by atoms with van der Waals surface area (Å²) in [7, 11) is 0. The molecule has 1 N–H and O–H groups in total. The summed E-state index contributed by atoms with van der Waals surface area (Å²) in [4.78, 5) is 17.6. The van der Waals surface area contributed by atoms with Gasteiger partial charge in [0.25, 0.3) is 0 Å². The highest BCUT2D eigenvalue weighted by atomic mass is 35.5. The number of carbonyl (C=O) groups excluding carboxylic acids is 1. The third-order valence-electron chi connectivity index (χ3n) is 1.13. The van der Waals surface area contributed by atoms with Crippen molar-refractivity contribution >= 4 is 29.0 Å². The molecule has 0 fully saturated rings. The van der Waals surface area contributed by atoms with Gasteiger partial charge in [-0.05, 0) is 0 Å². The molecule has 5 nitrogen and oxygen atoms in total. The van der Waals surface area contributed by atoms with E-state index in [1.54, 1.807) is 0 Å². The Morgan fingerprint density at radius 3 is 2.85 bits per heavy atom. The van der Waals surface area contributed by atoms with Crippen molar-refractivity contribution in [2.75, 3.05) is 0 Å². The van der Waals surface area contributed by atoms with Crippen molar-refractivity contribution < 1.29 is 13.6 Å². The van der Waals surface area contributed by atoms with E-state index in [0.29, 0.717) is 6.29 Å². The van der Waals surface area contributed by atoms with Crippen LogP contribution in [-0.4, -0.2) is 25.0 Å². The Hall–Kier alpha value is -0.850. The van der Waals surface area contributed by atoms with Gasteiger partial charge in [0.2, 0.25) is 0 Å². The number of halogens is 1. The standard InChI is InChI=1S/C6H5ClN2O3S/c7-5-1-4(2-10)8-6(9-5)3-13(11)12/h1-2H,3H2,(H,11,12). The lowest BCUT2D eigenvalue weighted by atomic mass is 10.4. The van der Waals surface area contributed by atoms with Crippen LogP contribution in [0, 0.1) is 0 Å². The smallest absolute Gasteiger partial charge is 0.168 e. The zero-order valence-electron chi connectivity index (χ0n) is 6.31. The van der Waals surface area contributed by atoms with Crippen molar-refractivity contribution in [1.82, 2.24) is 9.97 Å². The van der Waals surface area contributed by atoms with Crippen LogP contribution in [0.4, 0.5) is 0 Å². The lowest BCUT2D eigenvalue weighted by Gasteiger charge is -1.97. The Bertz CT molecular complexity index is 358. The SMILES string of the molecule is O=Cc1cc(Cl)nc(CS(=O)O)n1. The fourth-order valence-corrected chi connectivity index (χ4v) is 1.28. The molecule has 0 amide bonds. The molecule has 1 aromatic rings. The lowest BCUT2D eigenvalue weighted by Crippen LogP contribution is -2.02. The molecule has 1 unspecified atom stereocenters. The third-order valence-corrected chi connectivity index (χ3v) is 1.83. The van der Waals surface area contributed by atoms with E-state index >= 15 is 0 Å². The average Bonchev–Trinajstić information content (AvgIpc) is 2.01. The van der Waals surface area contributed by atoms with Gasteiger partial charge >= 0.3 is 0 Å². The normalized spacial score (nSPS) is 12.5. The molecule has 0 aromatic carbocycles. The summed E-state index contributed by atoms with van der Waals surface area (Å²) in [5.74, 6) is -0.156. The molecular weight excluding hydrogens is 216 g/mol. The van der Waals surface area contributed by atoms with E-state index in [-0.39, 0.29) is 22.4 Å². The molecule has 0 aliphatic rings. The number of carbonyl (C=O) groups is 1. The Kier molecular flexibility index (Phi) is 3.47. The summed E-state index contributed by atoms with van der Waals surface area (Å²) in [5, 5.41) is 0.0811. The molecule has 0 aliphatic carbocycles. The van der Waals surface area contributed by atoms with E-state index in [2.05, 4.69) is 9.97 Å². The monoisotopic (exact) mass is 220 g/mol. The maximum atomic E-state index is 10.4. The summed E-state index contributed by atoms with van der Waals surface area (Å²) < 4.78 is 18.9. The van der Waals surface area contributed by atoms with Gasteiger partial charge in [-0.3, -0.25) is 4.79 Å². The van der Waals surface area contributed by atoms with Crippen LogP contribution >= 0.6 is 11.6 Å². The molecule has 0 saturated heterocycles. The van der Waals surface area contributed by atoms with Gasteiger partial charge in [0.1, 0.15) is 22.4 Å². The number of hydrogen-bond acceptors (Lipinski definition) is 4. The number of nitrogens with zero attached hydrogens (tertiary/aromatic N) is 2. The van der Waals surface area contributed by atoms with Crippen LogP contribution in [0.25, 0.3) is 0 Å². The van der Waals surface area contributed by atoms with Crippen LogP contribution < -0.4 is 0 Å². The second-order valence-electron chi connectivity index (χ2n) is 2.12. The second-order valence-corrected chi connectivity index (χ2v) is 3.43. The van der Waals surface area contributed by atoms with Crippen LogP contribution in [0.5, 0.6) is 0 Å². The molecule has 0 saturated carbocycles. The molecule has 0 aliphatic heterocycles. The van der Waals surface area contributed by atoms with Gasteiger partial charge in [0, 0.05) is 6.07 Å². The minimum atomic E-state index is -2.03. The van der Waals surface area contributed by atoms with E-state index < -0.39 is 11.1 Å². The van der Waals surface area contributed by atoms with Gasteiger partial charge in [-0.2, -0.15) is 0 Å². The molecule has 70 valence electrons. The molecule has 0 bridgehead atoms. The third kappa shape index (κ3) is 3.17. The van der Waals surface area contributed by atoms with Gasteiger partial charge in [-0.25, -0.2) is 14.2 Å². The maximum Gasteiger partial charge on any atom is 0.168 e. The van der Waals surface area contributed by atoms with Gasteiger partial charge < -0.3 is 4.55 Å². The van der Waals surface area contributed by atoms with E-state index in [9.17, 15) is 9.00 Å². The first-order valence-corrected chi connectivity index (χ1v) is 4.83. The fraction of sp³-hybridized carbons (Fsp3) is 0.167. The lowest BCUT2D eigenvalue weighted by molar-refractivity contribution is 0.111.